The number of hydrogen-bond donors (Lipinski definition) is 0. The standard InChI is InChI=1S/C29H31N3O4S3/c1-19(2)11-13-36-25-10-9-21(15-20(25)3)27-22(17-31(30-27)23-7-5-4-6-8-23)16-26-28(33)32(29(37)38-26)24-12-14-39(34,35)18-24/h4-10,15-17,19,24H,11-14,18H2,1-3H3/b26-16+. The number of amides is 1. The summed E-state index contributed by atoms with van der Waals surface area (Å²) in [6, 6.07) is 15.4. The van der Waals surface area contributed by atoms with Crippen molar-refractivity contribution in [3.05, 3.63) is 70.8 Å². The summed E-state index contributed by atoms with van der Waals surface area (Å²) in [6.07, 6.45) is 5.11. The normalized spacial score (nSPS) is 19.9. The van der Waals surface area contributed by atoms with Gasteiger partial charge in [0, 0.05) is 17.3 Å². The number of nitrogens with zero attached hydrogens (tertiary/aromatic N) is 3. The topological polar surface area (TPSA) is 81.5 Å². The highest BCUT2D eigenvalue weighted by atomic mass is 32.2. The summed E-state index contributed by atoms with van der Waals surface area (Å²) in [6.45, 7) is 7.03. The van der Waals surface area contributed by atoms with Crippen LogP contribution < -0.4 is 4.74 Å². The monoisotopic (exact) mass is 581 g/mol. The van der Waals surface area contributed by atoms with Crippen LogP contribution in [0.15, 0.2) is 59.6 Å². The number of thioether (sulfide) groups is 1. The molecule has 0 bridgehead atoms. The quantitative estimate of drug-likeness (QED) is 0.251. The number of para-hydroxylation sites is 1. The number of sulfone groups is 1. The highest BCUT2D eigenvalue weighted by Gasteiger charge is 2.42. The SMILES string of the molecule is Cc1cc(-c2nn(-c3ccccc3)cc2/C=C2/SC(=S)N(C3CCS(=O)(=O)C3)C2=O)ccc1OCCC(C)C. The Morgan fingerprint density at radius 2 is 1.97 bits per heavy atom. The van der Waals surface area contributed by atoms with E-state index < -0.39 is 15.9 Å². The van der Waals surface area contributed by atoms with Gasteiger partial charge in [0.1, 0.15) is 15.8 Å². The van der Waals surface area contributed by atoms with Gasteiger partial charge >= 0.3 is 0 Å². The number of rotatable bonds is 8. The molecule has 1 aromatic heterocycles. The average molecular weight is 582 g/mol. The van der Waals surface area contributed by atoms with Gasteiger partial charge in [0.25, 0.3) is 5.91 Å². The van der Waals surface area contributed by atoms with Gasteiger partial charge in [-0.1, -0.05) is 56.0 Å². The van der Waals surface area contributed by atoms with Crippen LogP contribution in [0.4, 0.5) is 0 Å². The zero-order chi connectivity index (χ0) is 27.7. The first-order valence-electron chi connectivity index (χ1n) is 13.0. The van der Waals surface area contributed by atoms with E-state index in [0.717, 1.165) is 40.2 Å². The van der Waals surface area contributed by atoms with Crippen LogP contribution in [-0.2, 0) is 14.6 Å². The number of aryl methyl sites for hydroxylation is 1. The van der Waals surface area contributed by atoms with Crippen LogP contribution in [0.2, 0.25) is 0 Å². The molecule has 10 heteroatoms. The molecule has 0 N–H and O–H groups in total. The molecule has 2 aromatic carbocycles. The summed E-state index contributed by atoms with van der Waals surface area (Å²) in [7, 11) is -3.15. The number of aromatic nitrogens is 2. The van der Waals surface area contributed by atoms with Crippen LogP contribution in [-0.4, -0.2) is 57.5 Å². The summed E-state index contributed by atoms with van der Waals surface area (Å²) < 4.78 is 32.3. The molecule has 3 aromatic rings. The number of benzene rings is 2. The first-order chi connectivity index (χ1) is 18.6. The van der Waals surface area contributed by atoms with E-state index in [1.54, 1.807) is 4.68 Å². The molecule has 2 aliphatic heterocycles. The van der Waals surface area contributed by atoms with E-state index in [4.69, 9.17) is 22.1 Å². The van der Waals surface area contributed by atoms with E-state index in [-0.39, 0.29) is 17.4 Å². The first-order valence-corrected chi connectivity index (χ1v) is 16.0. The van der Waals surface area contributed by atoms with Crippen molar-refractivity contribution in [2.24, 2.45) is 5.92 Å². The van der Waals surface area contributed by atoms with Gasteiger partial charge < -0.3 is 4.74 Å². The Bertz CT molecular complexity index is 1540. The molecule has 0 radical (unpaired) electrons. The van der Waals surface area contributed by atoms with E-state index in [9.17, 15) is 13.2 Å². The number of ether oxygens (including phenoxy) is 1. The Morgan fingerprint density at radius 1 is 1.21 bits per heavy atom. The third-order valence-corrected chi connectivity index (χ3v) is 9.93. The Hall–Kier alpha value is -2.95. The van der Waals surface area contributed by atoms with Crippen LogP contribution in [0, 0.1) is 12.8 Å². The minimum absolute atomic E-state index is 0.0469. The Kier molecular flexibility index (Phi) is 7.98. The van der Waals surface area contributed by atoms with Gasteiger partial charge in [-0.2, -0.15) is 5.10 Å². The summed E-state index contributed by atoms with van der Waals surface area (Å²) in [5.74, 6) is 1.19. The third-order valence-electron chi connectivity index (χ3n) is 6.85. The van der Waals surface area contributed by atoms with Crippen LogP contribution in [0.3, 0.4) is 0 Å². The predicted molar refractivity (Wildman–Crippen MR) is 161 cm³/mol. The van der Waals surface area contributed by atoms with Crippen molar-refractivity contribution in [1.82, 2.24) is 14.7 Å². The van der Waals surface area contributed by atoms with Crippen molar-refractivity contribution in [2.75, 3.05) is 18.1 Å². The summed E-state index contributed by atoms with van der Waals surface area (Å²) in [4.78, 5) is 15.3. The second-order valence-corrected chi connectivity index (χ2v) is 14.2. The molecule has 0 aliphatic carbocycles. The van der Waals surface area contributed by atoms with E-state index in [2.05, 4.69) is 13.8 Å². The van der Waals surface area contributed by atoms with Crippen LogP contribution in [0.1, 0.15) is 37.8 Å². The van der Waals surface area contributed by atoms with Crippen LogP contribution in [0.25, 0.3) is 23.0 Å². The van der Waals surface area contributed by atoms with E-state index >= 15 is 0 Å². The fourth-order valence-electron chi connectivity index (χ4n) is 4.71. The van der Waals surface area contributed by atoms with Crippen LogP contribution >= 0.6 is 24.0 Å². The lowest BCUT2D eigenvalue weighted by Crippen LogP contribution is -2.39. The van der Waals surface area contributed by atoms with Gasteiger partial charge in [-0.25, -0.2) is 13.1 Å². The highest BCUT2D eigenvalue weighted by molar-refractivity contribution is 8.26. The van der Waals surface area contributed by atoms with Gasteiger partial charge in [0.05, 0.1) is 34.7 Å². The molecule has 5 rings (SSSR count). The fraction of sp³-hybridized carbons (Fsp3) is 0.345. The van der Waals surface area contributed by atoms with Crippen LogP contribution in [0.5, 0.6) is 5.75 Å². The third kappa shape index (κ3) is 6.13. The van der Waals surface area contributed by atoms with E-state index in [1.807, 2.05) is 67.7 Å². The predicted octanol–water partition coefficient (Wildman–Crippen LogP) is 5.66. The minimum atomic E-state index is -3.15. The maximum Gasteiger partial charge on any atom is 0.266 e. The van der Waals surface area contributed by atoms with Gasteiger partial charge in [-0.15, -0.1) is 0 Å². The van der Waals surface area contributed by atoms with E-state index in [0.29, 0.717) is 28.2 Å². The Morgan fingerprint density at radius 3 is 2.64 bits per heavy atom. The molecule has 204 valence electrons. The van der Waals surface area contributed by atoms with Gasteiger partial charge in [-0.05, 0) is 67.7 Å². The maximum atomic E-state index is 13.4. The zero-order valence-corrected chi connectivity index (χ0v) is 24.6. The minimum Gasteiger partial charge on any atom is -0.493 e. The van der Waals surface area contributed by atoms with Crippen molar-refractivity contribution >= 4 is 50.1 Å². The molecule has 7 nitrogen and oxygen atoms in total. The van der Waals surface area contributed by atoms with Crippen molar-refractivity contribution in [1.29, 1.82) is 0 Å². The second kappa shape index (κ2) is 11.3. The smallest absolute Gasteiger partial charge is 0.266 e. The zero-order valence-electron chi connectivity index (χ0n) is 22.2. The lowest BCUT2D eigenvalue weighted by Gasteiger charge is -2.20. The first kappa shape index (κ1) is 27.6. The lowest BCUT2D eigenvalue weighted by atomic mass is 10.0. The number of hydrogen-bond acceptors (Lipinski definition) is 7. The molecule has 0 saturated carbocycles. The van der Waals surface area contributed by atoms with Crippen molar-refractivity contribution in [2.45, 2.75) is 39.7 Å². The second-order valence-electron chi connectivity index (χ2n) is 10.3. The van der Waals surface area contributed by atoms with Gasteiger partial charge in [0.2, 0.25) is 0 Å². The van der Waals surface area contributed by atoms with Gasteiger partial charge in [-0.3, -0.25) is 9.69 Å². The van der Waals surface area contributed by atoms with Crippen molar-refractivity contribution < 1.29 is 17.9 Å². The van der Waals surface area contributed by atoms with E-state index in [1.165, 1.54) is 16.7 Å². The number of carbonyl (C=O) groups is 1. The molecular weight excluding hydrogens is 551 g/mol. The van der Waals surface area contributed by atoms with Crippen molar-refractivity contribution in [3.63, 3.8) is 0 Å². The van der Waals surface area contributed by atoms with Gasteiger partial charge in [0.15, 0.2) is 9.84 Å². The number of thiocarbonyl (C=S) groups is 1. The summed E-state index contributed by atoms with van der Waals surface area (Å²) in [5.41, 5.74) is 4.30. The molecule has 1 atom stereocenters. The summed E-state index contributed by atoms with van der Waals surface area (Å²) >= 11 is 6.72. The molecule has 2 saturated heterocycles. The molecule has 3 heterocycles. The van der Waals surface area contributed by atoms with Crippen molar-refractivity contribution in [3.8, 4) is 22.7 Å². The summed E-state index contributed by atoms with van der Waals surface area (Å²) in [5, 5.41) is 4.89. The average Bonchev–Trinajstić information content (AvgIpc) is 3.55. The molecule has 1 unspecified atom stereocenters. The Balaban J connectivity index is 1.49. The molecule has 2 aliphatic rings. The highest BCUT2D eigenvalue weighted by Crippen LogP contribution is 2.38. The molecule has 1 amide bonds. The molecule has 0 spiro atoms. The Labute approximate surface area is 239 Å². The largest absolute Gasteiger partial charge is 0.493 e. The molecular formula is C29H31N3O4S3. The maximum absolute atomic E-state index is 13.4. The molecule has 39 heavy (non-hydrogen) atoms. The fourth-order valence-corrected chi connectivity index (χ4v) is 7.80. The molecule has 2 fully saturated rings. The number of carbonyl (C=O) groups excluding carboxylic acids is 1. The lowest BCUT2D eigenvalue weighted by molar-refractivity contribution is -0.123.